The van der Waals surface area contributed by atoms with Crippen molar-refractivity contribution in [2.45, 2.75) is 19.4 Å². The van der Waals surface area contributed by atoms with Crippen LogP contribution in [-0.4, -0.2) is 16.8 Å². The van der Waals surface area contributed by atoms with Gasteiger partial charge in [-0.25, -0.2) is 0 Å². The van der Waals surface area contributed by atoms with Crippen LogP contribution in [0.25, 0.3) is 0 Å². The molecule has 1 aromatic carbocycles. The minimum Gasteiger partial charge on any atom is -0.507 e. The Hall–Kier alpha value is -1.06. The van der Waals surface area contributed by atoms with Crippen LogP contribution in [0.15, 0.2) is 18.2 Å². The number of phenolic OH excluding ortho intramolecular Hbond substituents is 1. The predicted octanol–water partition coefficient (Wildman–Crippen LogP) is 1.08. The normalized spacial score (nSPS) is 12.8. The van der Waals surface area contributed by atoms with Gasteiger partial charge in [-0.3, -0.25) is 0 Å². The van der Waals surface area contributed by atoms with Gasteiger partial charge in [0.25, 0.3) is 0 Å². The highest BCUT2D eigenvalue weighted by atomic mass is 16.3. The van der Waals surface area contributed by atoms with Crippen molar-refractivity contribution in [1.82, 2.24) is 0 Å². The maximum absolute atomic E-state index is 9.63. The van der Waals surface area contributed by atoms with Crippen molar-refractivity contribution >= 4 is 0 Å². The highest BCUT2D eigenvalue weighted by molar-refractivity contribution is 5.41. The Labute approximate surface area is 77.8 Å². The number of phenols is 1. The summed E-state index contributed by atoms with van der Waals surface area (Å²) in [5.41, 5.74) is 7.27. The van der Waals surface area contributed by atoms with E-state index in [0.717, 1.165) is 5.56 Å². The zero-order valence-electron chi connectivity index (χ0n) is 7.70. The molecule has 4 N–H and O–H groups in total. The van der Waals surface area contributed by atoms with Gasteiger partial charge < -0.3 is 15.9 Å². The number of aliphatic hydroxyl groups excluding tert-OH is 1. The van der Waals surface area contributed by atoms with Gasteiger partial charge in [-0.1, -0.05) is 18.2 Å². The van der Waals surface area contributed by atoms with Crippen LogP contribution in [0, 0.1) is 6.92 Å². The minimum absolute atomic E-state index is 0.0363. The van der Waals surface area contributed by atoms with E-state index in [9.17, 15) is 5.11 Å². The van der Waals surface area contributed by atoms with Gasteiger partial charge in [0.05, 0.1) is 0 Å². The second kappa shape index (κ2) is 4.25. The van der Waals surface area contributed by atoms with Crippen molar-refractivity contribution in [3.63, 3.8) is 0 Å². The van der Waals surface area contributed by atoms with Crippen molar-refractivity contribution in [3.05, 3.63) is 29.3 Å². The van der Waals surface area contributed by atoms with E-state index < -0.39 is 0 Å². The summed E-state index contributed by atoms with van der Waals surface area (Å²) in [6, 6.07) is 5.17. The molecule has 0 fully saturated rings. The molecule has 0 saturated carbocycles. The first-order valence-corrected chi connectivity index (χ1v) is 4.31. The van der Waals surface area contributed by atoms with Crippen molar-refractivity contribution in [1.29, 1.82) is 0 Å². The highest BCUT2D eigenvalue weighted by Gasteiger charge is 2.10. The lowest BCUT2D eigenvalue weighted by molar-refractivity contribution is 0.275. The van der Waals surface area contributed by atoms with Crippen LogP contribution in [0.5, 0.6) is 5.75 Å². The van der Waals surface area contributed by atoms with Gasteiger partial charge >= 0.3 is 0 Å². The standard InChI is InChI=1S/C10H15NO2/c1-7-3-2-4-8(10(7)13)9(11)5-6-12/h2-4,9,12-13H,5-6,11H2,1H3/t9-/m0/s1. The third-order valence-corrected chi connectivity index (χ3v) is 2.11. The largest absolute Gasteiger partial charge is 0.507 e. The number of nitrogens with two attached hydrogens (primary N) is 1. The quantitative estimate of drug-likeness (QED) is 0.653. The predicted molar refractivity (Wildman–Crippen MR) is 51.5 cm³/mol. The van der Waals surface area contributed by atoms with Gasteiger partial charge in [0.15, 0.2) is 0 Å². The molecule has 0 spiro atoms. The second-order valence-electron chi connectivity index (χ2n) is 3.13. The number of aryl methyl sites for hydroxylation is 1. The zero-order valence-corrected chi connectivity index (χ0v) is 7.70. The molecule has 1 aromatic rings. The van der Waals surface area contributed by atoms with Gasteiger partial charge in [-0.05, 0) is 18.9 Å². The number of hydrogen-bond acceptors (Lipinski definition) is 3. The van der Waals surface area contributed by atoms with Crippen molar-refractivity contribution in [3.8, 4) is 5.75 Å². The molecule has 13 heavy (non-hydrogen) atoms. The van der Waals surface area contributed by atoms with Crippen molar-refractivity contribution < 1.29 is 10.2 Å². The number of para-hydroxylation sites is 1. The molecule has 0 aromatic heterocycles. The lowest BCUT2D eigenvalue weighted by Crippen LogP contribution is -2.12. The maximum atomic E-state index is 9.63. The van der Waals surface area contributed by atoms with Crippen molar-refractivity contribution in [2.24, 2.45) is 5.73 Å². The van der Waals surface area contributed by atoms with E-state index in [-0.39, 0.29) is 18.4 Å². The van der Waals surface area contributed by atoms with E-state index >= 15 is 0 Å². The first kappa shape index (κ1) is 10.0. The molecule has 0 amide bonds. The highest BCUT2D eigenvalue weighted by Crippen LogP contribution is 2.27. The third-order valence-electron chi connectivity index (χ3n) is 2.11. The van der Waals surface area contributed by atoms with Gasteiger partial charge in [0, 0.05) is 18.2 Å². The molecule has 0 unspecified atom stereocenters. The molecule has 3 heteroatoms. The van der Waals surface area contributed by atoms with Crippen LogP contribution >= 0.6 is 0 Å². The summed E-state index contributed by atoms with van der Waals surface area (Å²) < 4.78 is 0. The molecule has 0 aliphatic rings. The Kier molecular flexibility index (Phi) is 3.28. The third kappa shape index (κ3) is 2.20. The summed E-state index contributed by atoms with van der Waals surface area (Å²) in [5.74, 6) is 0.239. The molecule has 0 saturated heterocycles. The Balaban J connectivity index is 2.93. The van der Waals surface area contributed by atoms with E-state index in [4.69, 9.17) is 10.8 Å². The molecule has 72 valence electrons. The molecule has 3 nitrogen and oxygen atoms in total. The molecular weight excluding hydrogens is 166 g/mol. The van der Waals surface area contributed by atoms with Crippen LogP contribution in [0.2, 0.25) is 0 Å². The average Bonchev–Trinajstić information content (AvgIpc) is 2.10. The fraction of sp³-hybridized carbons (Fsp3) is 0.400. The monoisotopic (exact) mass is 181 g/mol. The summed E-state index contributed by atoms with van der Waals surface area (Å²) >= 11 is 0. The molecule has 0 radical (unpaired) electrons. The summed E-state index contributed by atoms with van der Waals surface area (Å²) in [4.78, 5) is 0. The fourth-order valence-electron chi connectivity index (χ4n) is 1.28. The topological polar surface area (TPSA) is 66.5 Å². The van der Waals surface area contributed by atoms with Crippen LogP contribution < -0.4 is 5.73 Å². The second-order valence-corrected chi connectivity index (χ2v) is 3.13. The Morgan fingerprint density at radius 1 is 1.46 bits per heavy atom. The van der Waals surface area contributed by atoms with Crippen LogP contribution in [0.3, 0.4) is 0 Å². The molecule has 0 aliphatic carbocycles. The van der Waals surface area contributed by atoms with Gasteiger partial charge in [0.2, 0.25) is 0 Å². The minimum atomic E-state index is -0.287. The van der Waals surface area contributed by atoms with Crippen molar-refractivity contribution in [2.75, 3.05) is 6.61 Å². The molecular formula is C10H15NO2. The molecule has 0 bridgehead atoms. The maximum Gasteiger partial charge on any atom is 0.123 e. The zero-order chi connectivity index (χ0) is 9.84. The van der Waals surface area contributed by atoms with E-state index in [1.165, 1.54) is 0 Å². The molecule has 0 aliphatic heterocycles. The first-order valence-electron chi connectivity index (χ1n) is 4.31. The van der Waals surface area contributed by atoms with E-state index in [0.29, 0.717) is 12.0 Å². The number of rotatable bonds is 3. The SMILES string of the molecule is Cc1cccc([C@@H](N)CCO)c1O. The molecule has 1 rings (SSSR count). The smallest absolute Gasteiger partial charge is 0.123 e. The Bertz CT molecular complexity index is 286. The Morgan fingerprint density at radius 3 is 2.77 bits per heavy atom. The van der Waals surface area contributed by atoms with Crippen LogP contribution in [0.4, 0.5) is 0 Å². The summed E-state index contributed by atoms with van der Waals surface area (Å²) in [5, 5.41) is 18.3. The summed E-state index contributed by atoms with van der Waals surface area (Å²) in [6.45, 7) is 1.86. The molecule has 0 heterocycles. The summed E-state index contributed by atoms with van der Waals surface area (Å²) in [7, 11) is 0. The first-order chi connectivity index (χ1) is 6.16. The van der Waals surface area contributed by atoms with E-state index in [1.807, 2.05) is 19.1 Å². The number of hydrogen-bond donors (Lipinski definition) is 3. The van der Waals surface area contributed by atoms with Crippen LogP contribution in [0.1, 0.15) is 23.6 Å². The summed E-state index contributed by atoms with van der Waals surface area (Å²) in [6.07, 6.45) is 0.469. The van der Waals surface area contributed by atoms with Gasteiger partial charge in [-0.2, -0.15) is 0 Å². The molecule has 1 atom stereocenters. The number of aliphatic hydroxyl groups is 1. The number of aromatic hydroxyl groups is 1. The average molecular weight is 181 g/mol. The van der Waals surface area contributed by atoms with Gasteiger partial charge in [-0.15, -0.1) is 0 Å². The lowest BCUT2D eigenvalue weighted by atomic mass is 10.0. The lowest BCUT2D eigenvalue weighted by Gasteiger charge is -2.13. The van der Waals surface area contributed by atoms with Crippen LogP contribution in [-0.2, 0) is 0 Å². The van der Waals surface area contributed by atoms with E-state index in [1.54, 1.807) is 6.07 Å². The van der Waals surface area contributed by atoms with E-state index in [2.05, 4.69) is 0 Å². The van der Waals surface area contributed by atoms with Gasteiger partial charge in [0.1, 0.15) is 5.75 Å². The Morgan fingerprint density at radius 2 is 2.15 bits per heavy atom. The number of benzene rings is 1. The fourth-order valence-corrected chi connectivity index (χ4v) is 1.28.